The first kappa shape index (κ1) is 13.1. The molecule has 2 N–H and O–H groups in total. The smallest absolute Gasteiger partial charge is 0.252 e. The number of aryl methyl sites for hydroxylation is 1. The quantitative estimate of drug-likeness (QED) is 0.825. The lowest BCUT2D eigenvalue weighted by Gasteiger charge is -2.26. The number of nitrogens with zero attached hydrogens (tertiary/aromatic N) is 2. The van der Waals surface area contributed by atoms with E-state index in [1.165, 1.54) is 38.4 Å². The zero-order valence-corrected chi connectivity index (χ0v) is 11.0. The van der Waals surface area contributed by atoms with Gasteiger partial charge in [-0.25, -0.2) is 4.98 Å². The van der Waals surface area contributed by atoms with E-state index in [0.717, 1.165) is 25.3 Å². The van der Waals surface area contributed by atoms with Gasteiger partial charge in [0.2, 0.25) is 0 Å². The lowest BCUT2D eigenvalue weighted by molar-refractivity contribution is 0.237. The molecule has 0 aliphatic carbocycles. The van der Waals surface area contributed by atoms with E-state index in [9.17, 15) is 4.79 Å². The van der Waals surface area contributed by atoms with Gasteiger partial charge in [-0.2, -0.15) is 0 Å². The molecule has 2 heterocycles. The Bertz CT molecular complexity index is 423. The minimum absolute atomic E-state index is 0.0812. The third-order valence-corrected chi connectivity index (χ3v) is 3.31. The molecule has 0 aromatic carbocycles. The first-order chi connectivity index (χ1) is 8.78. The Morgan fingerprint density at radius 1 is 1.39 bits per heavy atom. The number of aromatic nitrogens is 2. The first-order valence-corrected chi connectivity index (χ1v) is 6.84. The van der Waals surface area contributed by atoms with E-state index in [0.29, 0.717) is 5.82 Å². The third kappa shape index (κ3) is 3.84. The van der Waals surface area contributed by atoms with E-state index >= 15 is 0 Å². The molecule has 1 aliphatic heterocycles. The van der Waals surface area contributed by atoms with Crippen LogP contribution < -0.4 is 10.9 Å². The van der Waals surface area contributed by atoms with Gasteiger partial charge in [0.1, 0.15) is 11.6 Å². The van der Waals surface area contributed by atoms with E-state index in [-0.39, 0.29) is 5.56 Å². The topological polar surface area (TPSA) is 61.0 Å². The molecule has 18 heavy (non-hydrogen) atoms. The lowest BCUT2D eigenvalue weighted by Crippen LogP contribution is -2.34. The Kier molecular flexibility index (Phi) is 4.75. The first-order valence-electron chi connectivity index (χ1n) is 6.84. The Balaban J connectivity index is 1.82. The van der Waals surface area contributed by atoms with Crippen LogP contribution in [0.5, 0.6) is 0 Å². The van der Waals surface area contributed by atoms with Gasteiger partial charge in [-0.05, 0) is 25.9 Å². The highest BCUT2D eigenvalue weighted by molar-refractivity contribution is 5.32. The van der Waals surface area contributed by atoms with Crippen LogP contribution in [0.3, 0.4) is 0 Å². The highest BCUT2D eigenvalue weighted by Gasteiger charge is 2.09. The standard InChI is InChI=1S/C13H22N4O/c1-2-11-15-12(10-13(18)16-11)14-6-9-17-7-4-3-5-8-17/h10H,2-9H2,1H3,(H2,14,15,16,18). The van der Waals surface area contributed by atoms with Crippen molar-refractivity contribution in [3.8, 4) is 0 Å². The minimum atomic E-state index is -0.0812. The number of piperidine rings is 1. The van der Waals surface area contributed by atoms with Gasteiger partial charge in [0, 0.05) is 25.6 Å². The molecule has 1 aliphatic rings. The SMILES string of the molecule is CCc1nc(NCCN2CCCCC2)cc(=O)[nH]1. The summed E-state index contributed by atoms with van der Waals surface area (Å²) in [6.07, 6.45) is 4.72. The summed E-state index contributed by atoms with van der Waals surface area (Å²) in [5, 5.41) is 3.23. The van der Waals surface area contributed by atoms with E-state index in [4.69, 9.17) is 0 Å². The molecule has 5 heteroatoms. The largest absolute Gasteiger partial charge is 0.369 e. The zero-order chi connectivity index (χ0) is 12.8. The third-order valence-electron chi connectivity index (χ3n) is 3.31. The molecular weight excluding hydrogens is 228 g/mol. The maximum atomic E-state index is 11.4. The summed E-state index contributed by atoms with van der Waals surface area (Å²) in [5.74, 6) is 1.43. The van der Waals surface area contributed by atoms with Crippen LogP contribution >= 0.6 is 0 Å². The summed E-state index contributed by atoms with van der Waals surface area (Å²) < 4.78 is 0. The van der Waals surface area contributed by atoms with Gasteiger partial charge in [-0.1, -0.05) is 13.3 Å². The van der Waals surface area contributed by atoms with Crippen molar-refractivity contribution in [2.75, 3.05) is 31.5 Å². The Morgan fingerprint density at radius 2 is 2.17 bits per heavy atom. The van der Waals surface area contributed by atoms with Crippen LogP contribution in [0.15, 0.2) is 10.9 Å². The molecule has 0 bridgehead atoms. The predicted octanol–water partition coefficient (Wildman–Crippen LogP) is 1.23. The molecular formula is C13H22N4O. The molecule has 1 fully saturated rings. The second-order valence-electron chi connectivity index (χ2n) is 4.76. The molecule has 5 nitrogen and oxygen atoms in total. The summed E-state index contributed by atoms with van der Waals surface area (Å²) in [6, 6.07) is 1.52. The second-order valence-corrected chi connectivity index (χ2v) is 4.76. The number of aromatic amines is 1. The Hall–Kier alpha value is -1.36. The molecule has 0 spiro atoms. The van der Waals surface area contributed by atoms with Crippen molar-refractivity contribution in [2.24, 2.45) is 0 Å². The number of hydrogen-bond acceptors (Lipinski definition) is 4. The molecule has 0 radical (unpaired) electrons. The molecule has 2 rings (SSSR count). The number of rotatable bonds is 5. The highest BCUT2D eigenvalue weighted by Crippen LogP contribution is 2.08. The van der Waals surface area contributed by atoms with E-state index in [1.54, 1.807) is 0 Å². The predicted molar refractivity (Wildman–Crippen MR) is 73.0 cm³/mol. The van der Waals surface area contributed by atoms with Gasteiger partial charge < -0.3 is 15.2 Å². The van der Waals surface area contributed by atoms with Gasteiger partial charge in [0.25, 0.3) is 5.56 Å². The minimum Gasteiger partial charge on any atom is -0.369 e. The van der Waals surface area contributed by atoms with Crippen molar-refractivity contribution >= 4 is 5.82 Å². The molecule has 0 saturated carbocycles. The summed E-state index contributed by atoms with van der Waals surface area (Å²) in [7, 11) is 0. The number of anilines is 1. The molecule has 1 saturated heterocycles. The summed E-state index contributed by atoms with van der Waals surface area (Å²) in [5.41, 5.74) is -0.0812. The van der Waals surface area contributed by atoms with E-state index in [2.05, 4.69) is 20.2 Å². The summed E-state index contributed by atoms with van der Waals surface area (Å²) in [4.78, 5) is 20.9. The average Bonchev–Trinajstić information content (AvgIpc) is 2.39. The molecule has 1 aromatic heterocycles. The van der Waals surface area contributed by atoms with Crippen LogP contribution in [0, 0.1) is 0 Å². The zero-order valence-electron chi connectivity index (χ0n) is 11.0. The van der Waals surface area contributed by atoms with Crippen molar-refractivity contribution < 1.29 is 0 Å². The van der Waals surface area contributed by atoms with Crippen molar-refractivity contribution in [3.05, 3.63) is 22.2 Å². The second kappa shape index (κ2) is 6.54. The molecule has 100 valence electrons. The van der Waals surface area contributed by atoms with Gasteiger partial charge >= 0.3 is 0 Å². The Labute approximate surface area is 108 Å². The molecule has 1 aromatic rings. The maximum Gasteiger partial charge on any atom is 0.252 e. The molecule has 0 unspecified atom stereocenters. The number of likely N-dealkylation sites (tertiary alicyclic amines) is 1. The van der Waals surface area contributed by atoms with Crippen LogP contribution in [-0.2, 0) is 6.42 Å². The van der Waals surface area contributed by atoms with Gasteiger partial charge in [-0.3, -0.25) is 4.79 Å². The number of hydrogen-bond donors (Lipinski definition) is 2. The fourth-order valence-corrected chi connectivity index (χ4v) is 2.29. The van der Waals surface area contributed by atoms with Crippen LogP contribution in [0.4, 0.5) is 5.82 Å². The number of H-pyrrole nitrogens is 1. The van der Waals surface area contributed by atoms with Gasteiger partial charge in [0.15, 0.2) is 0 Å². The summed E-state index contributed by atoms with van der Waals surface area (Å²) >= 11 is 0. The summed E-state index contributed by atoms with van der Waals surface area (Å²) in [6.45, 7) is 6.25. The van der Waals surface area contributed by atoms with Crippen LogP contribution in [0.1, 0.15) is 32.0 Å². The molecule has 0 atom stereocenters. The van der Waals surface area contributed by atoms with E-state index in [1.807, 2.05) is 6.92 Å². The van der Waals surface area contributed by atoms with Gasteiger partial charge in [-0.15, -0.1) is 0 Å². The van der Waals surface area contributed by atoms with Crippen LogP contribution in [0.2, 0.25) is 0 Å². The van der Waals surface area contributed by atoms with Crippen molar-refractivity contribution in [3.63, 3.8) is 0 Å². The van der Waals surface area contributed by atoms with Crippen LogP contribution in [0.25, 0.3) is 0 Å². The van der Waals surface area contributed by atoms with E-state index < -0.39 is 0 Å². The number of nitrogens with one attached hydrogen (secondary N) is 2. The fraction of sp³-hybridized carbons (Fsp3) is 0.692. The average molecular weight is 250 g/mol. The van der Waals surface area contributed by atoms with Crippen LogP contribution in [-0.4, -0.2) is 41.0 Å². The maximum absolute atomic E-state index is 11.4. The van der Waals surface area contributed by atoms with Crippen molar-refractivity contribution in [1.82, 2.24) is 14.9 Å². The normalized spacial score (nSPS) is 16.7. The Morgan fingerprint density at radius 3 is 2.89 bits per heavy atom. The molecule has 0 amide bonds. The lowest BCUT2D eigenvalue weighted by atomic mass is 10.1. The van der Waals surface area contributed by atoms with Gasteiger partial charge in [0.05, 0.1) is 0 Å². The van der Waals surface area contributed by atoms with Crippen molar-refractivity contribution in [1.29, 1.82) is 0 Å². The van der Waals surface area contributed by atoms with Crippen molar-refractivity contribution in [2.45, 2.75) is 32.6 Å². The fourth-order valence-electron chi connectivity index (χ4n) is 2.29. The monoisotopic (exact) mass is 250 g/mol. The highest BCUT2D eigenvalue weighted by atomic mass is 16.1.